The van der Waals surface area contributed by atoms with Crippen molar-refractivity contribution in [2.24, 2.45) is 0 Å². The second-order valence-electron chi connectivity index (χ2n) is 5.04. The fourth-order valence-electron chi connectivity index (χ4n) is 2.22. The Kier molecular flexibility index (Phi) is 5.56. The van der Waals surface area contributed by atoms with E-state index in [-0.39, 0.29) is 0 Å². The number of thiazole rings is 1. The maximum absolute atomic E-state index is 5.47. The van der Waals surface area contributed by atoms with Crippen LogP contribution in [0.25, 0.3) is 0 Å². The molecule has 3 atom stereocenters. The molecule has 0 spiro atoms. The molecule has 18 heavy (non-hydrogen) atoms. The highest BCUT2D eigenvalue weighted by atomic mass is 32.1. The summed E-state index contributed by atoms with van der Waals surface area (Å²) in [5, 5.41) is 10.3. The first-order valence-electron chi connectivity index (χ1n) is 6.69. The molecule has 4 nitrogen and oxygen atoms in total. The lowest BCUT2D eigenvalue weighted by Gasteiger charge is -2.27. The summed E-state index contributed by atoms with van der Waals surface area (Å²) in [4.78, 5) is 4.36. The van der Waals surface area contributed by atoms with Gasteiger partial charge in [0.15, 0.2) is 0 Å². The summed E-state index contributed by atoms with van der Waals surface area (Å²) in [6.45, 7) is 8.12. The molecule has 1 saturated heterocycles. The zero-order chi connectivity index (χ0) is 12.8. The minimum Gasteiger partial charge on any atom is -0.379 e. The Morgan fingerprint density at radius 1 is 1.61 bits per heavy atom. The number of ether oxygens (including phenoxy) is 1. The molecular weight excluding hydrogens is 246 g/mol. The third kappa shape index (κ3) is 4.31. The van der Waals surface area contributed by atoms with Crippen molar-refractivity contribution in [1.29, 1.82) is 0 Å². The number of nitrogens with one attached hydrogen (secondary N) is 2. The van der Waals surface area contributed by atoms with E-state index in [9.17, 15) is 0 Å². The first kappa shape index (κ1) is 13.9. The van der Waals surface area contributed by atoms with Crippen LogP contribution in [0.1, 0.15) is 31.2 Å². The second kappa shape index (κ2) is 7.19. The average molecular weight is 269 g/mol. The largest absolute Gasteiger partial charge is 0.379 e. The third-order valence-electron chi connectivity index (χ3n) is 3.28. The Bertz CT molecular complexity index is 325. The Morgan fingerprint density at radius 3 is 3.17 bits per heavy atom. The molecule has 5 heteroatoms. The van der Waals surface area contributed by atoms with Gasteiger partial charge in [-0.2, -0.15) is 0 Å². The molecule has 2 rings (SSSR count). The maximum atomic E-state index is 5.47. The topological polar surface area (TPSA) is 46.2 Å². The molecule has 0 radical (unpaired) electrons. The molecule has 1 aromatic heterocycles. The Morgan fingerprint density at radius 2 is 2.50 bits per heavy atom. The smallest absolute Gasteiger partial charge is 0.0965 e. The molecule has 0 amide bonds. The van der Waals surface area contributed by atoms with Crippen molar-refractivity contribution in [3.63, 3.8) is 0 Å². The summed E-state index contributed by atoms with van der Waals surface area (Å²) in [5.41, 5.74) is 0. The molecule has 0 aliphatic carbocycles. The molecule has 2 N–H and O–H groups in total. The Hall–Kier alpha value is -0.490. The van der Waals surface area contributed by atoms with Crippen molar-refractivity contribution in [3.05, 3.63) is 16.6 Å². The molecule has 1 aliphatic rings. The number of aromatic nitrogens is 1. The van der Waals surface area contributed by atoms with Crippen LogP contribution in [0.4, 0.5) is 0 Å². The molecule has 2 heterocycles. The van der Waals surface area contributed by atoms with Gasteiger partial charge in [-0.1, -0.05) is 6.92 Å². The van der Waals surface area contributed by atoms with Crippen molar-refractivity contribution < 1.29 is 4.74 Å². The third-order valence-corrected chi connectivity index (χ3v) is 4.29. The van der Waals surface area contributed by atoms with Crippen molar-refractivity contribution in [2.45, 2.75) is 38.3 Å². The minimum absolute atomic E-state index is 0.489. The SMILES string of the molecule is CC(CC1COCCN1)NCC(C)c1nccs1. The van der Waals surface area contributed by atoms with Gasteiger partial charge < -0.3 is 15.4 Å². The van der Waals surface area contributed by atoms with E-state index in [1.165, 1.54) is 5.01 Å². The lowest BCUT2D eigenvalue weighted by Crippen LogP contribution is -2.45. The van der Waals surface area contributed by atoms with Gasteiger partial charge in [-0.25, -0.2) is 4.98 Å². The molecule has 1 aromatic rings. The van der Waals surface area contributed by atoms with Crippen LogP contribution in [0, 0.1) is 0 Å². The number of morpholine rings is 1. The van der Waals surface area contributed by atoms with Crippen LogP contribution in [0.5, 0.6) is 0 Å². The second-order valence-corrected chi connectivity index (χ2v) is 5.97. The minimum atomic E-state index is 0.489. The molecule has 0 bridgehead atoms. The van der Waals surface area contributed by atoms with Gasteiger partial charge >= 0.3 is 0 Å². The quantitative estimate of drug-likeness (QED) is 0.823. The van der Waals surface area contributed by atoms with E-state index < -0.39 is 0 Å². The van der Waals surface area contributed by atoms with Crippen molar-refractivity contribution in [3.8, 4) is 0 Å². The van der Waals surface area contributed by atoms with E-state index in [1.807, 2.05) is 11.6 Å². The van der Waals surface area contributed by atoms with Crippen LogP contribution in [0.15, 0.2) is 11.6 Å². The summed E-state index contributed by atoms with van der Waals surface area (Å²) < 4.78 is 5.47. The zero-order valence-electron chi connectivity index (χ0n) is 11.2. The predicted octanol–water partition coefficient (Wildman–Crippen LogP) is 1.60. The van der Waals surface area contributed by atoms with Crippen LogP contribution in [0.3, 0.4) is 0 Å². The van der Waals surface area contributed by atoms with Gasteiger partial charge in [0.2, 0.25) is 0 Å². The van der Waals surface area contributed by atoms with Crippen LogP contribution < -0.4 is 10.6 Å². The molecule has 0 saturated carbocycles. The van der Waals surface area contributed by atoms with Crippen molar-refractivity contribution >= 4 is 11.3 Å². The Balaban J connectivity index is 1.66. The summed E-state index contributed by atoms with van der Waals surface area (Å²) >= 11 is 1.73. The molecule has 1 fully saturated rings. The number of hydrogen-bond donors (Lipinski definition) is 2. The number of hydrogen-bond acceptors (Lipinski definition) is 5. The normalized spacial score (nSPS) is 23.8. The molecule has 102 valence electrons. The van der Waals surface area contributed by atoms with Crippen LogP contribution in [-0.2, 0) is 4.74 Å². The molecular formula is C13H23N3OS. The summed E-state index contributed by atoms with van der Waals surface area (Å²) in [5.74, 6) is 0.489. The summed E-state index contributed by atoms with van der Waals surface area (Å²) in [6, 6.07) is 1.00. The van der Waals surface area contributed by atoms with Gasteiger partial charge in [0.05, 0.1) is 18.2 Å². The van der Waals surface area contributed by atoms with E-state index in [0.717, 1.165) is 32.7 Å². The van der Waals surface area contributed by atoms with Gasteiger partial charge in [0.25, 0.3) is 0 Å². The fraction of sp³-hybridized carbons (Fsp3) is 0.769. The number of nitrogens with zero attached hydrogens (tertiary/aromatic N) is 1. The summed E-state index contributed by atoms with van der Waals surface area (Å²) in [6.07, 6.45) is 2.99. The number of rotatable bonds is 6. The zero-order valence-corrected chi connectivity index (χ0v) is 12.0. The standard InChI is InChI=1S/C13H23N3OS/c1-10(13-15-4-6-18-13)8-16-11(2)7-12-9-17-5-3-14-12/h4,6,10-12,14,16H,3,5,7-9H2,1-2H3. The van der Waals surface area contributed by atoms with Gasteiger partial charge in [-0.05, 0) is 13.3 Å². The lowest BCUT2D eigenvalue weighted by molar-refractivity contribution is 0.0712. The van der Waals surface area contributed by atoms with E-state index >= 15 is 0 Å². The van der Waals surface area contributed by atoms with E-state index in [0.29, 0.717) is 18.0 Å². The van der Waals surface area contributed by atoms with Crippen molar-refractivity contribution in [1.82, 2.24) is 15.6 Å². The highest BCUT2D eigenvalue weighted by Gasteiger charge is 2.17. The predicted molar refractivity (Wildman–Crippen MR) is 75.2 cm³/mol. The van der Waals surface area contributed by atoms with Gasteiger partial charge in [0, 0.05) is 42.7 Å². The fourth-order valence-corrected chi connectivity index (χ4v) is 2.92. The Labute approximate surface area is 113 Å². The monoisotopic (exact) mass is 269 g/mol. The van der Waals surface area contributed by atoms with Gasteiger partial charge in [-0.3, -0.25) is 0 Å². The van der Waals surface area contributed by atoms with Gasteiger partial charge in [0.1, 0.15) is 0 Å². The van der Waals surface area contributed by atoms with Crippen LogP contribution in [0.2, 0.25) is 0 Å². The van der Waals surface area contributed by atoms with E-state index in [2.05, 4.69) is 29.5 Å². The lowest BCUT2D eigenvalue weighted by atomic mass is 10.1. The van der Waals surface area contributed by atoms with E-state index in [4.69, 9.17) is 4.74 Å². The van der Waals surface area contributed by atoms with E-state index in [1.54, 1.807) is 11.3 Å². The van der Waals surface area contributed by atoms with Crippen molar-refractivity contribution in [2.75, 3.05) is 26.3 Å². The highest BCUT2D eigenvalue weighted by Crippen LogP contribution is 2.16. The van der Waals surface area contributed by atoms with Crippen LogP contribution in [-0.4, -0.2) is 43.4 Å². The summed E-state index contributed by atoms with van der Waals surface area (Å²) in [7, 11) is 0. The molecule has 3 unspecified atom stereocenters. The molecule has 0 aromatic carbocycles. The first-order valence-corrected chi connectivity index (χ1v) is 7.57. The first-order chi connectivity index (χ1) is 8.75. The average Bonchev–Trinajstić information content (AvgIpc) is 2.91. The highest BCUT2D eigenvalue weighted by molar-refractivity contribution is 7.09. The molecule has 1 aliphatic heterocycles. The van der Waals surface area contributed by atoms with Gasteiger partial charge in [-0.15, -0.1) is 11.3 Å². The maximum Gasteiger partial charge on any atom is 0.0965 e. The van der Waals surface area contributed by atoms with Crippen LogP contribution >= 0.6 is 11.3 Å².